The molecule has 0 radical (unpaired) electrons. The first kappa shape index (κ1) is 13.8. The monoisotopic (exact) mass is 256 g/mol. The Labute approximate surface area is 103 Å². The van der Waals surface area contributed by atoms with Crippen molar-refractivity contribution in [3.05, 3.63) is 29.6 Å². The number of nitrogens with zero attached hydrogens (tertiary/aromatic N) is 1. The SMILES string of the molecule is CC(CS(C)=O)NCc1cccc(C(=O)O)n1. The molecule has 0 spiro atoms. The van der Waals surface area contributed by atoms with Crippen LogP contribution in [-0.4, -0.2) is 38.3 Å². The van der Waals surface area contributed by atoms with Crippen molar-refractivity contribution in [1.82, 2.24) is 10.3 Å². The van der Waals surface area contributed by atoms with Crippen molar-refractivity contribution in [2.24, 2.45) is 0 Å². The number of pyridine rings is 1. The highest BCUT2D eigenvalue weighted by molar-refractivity contribution is 7.84. The Hall–Kier alpha value is -1.27. The molecule has 0 aliphatic heterocycles. The molecule has 0 aliphatic rings. The van der Waals surface area contributed by atoms with Crippen LogP contribution in [0.5, 0.6) is 0 Å². The first-order chi connectivity index (χ1) is 7.99. The van der Waals surface area contributed by atoms with Crippen LogP contribution in [0.4, 0.5) is 0 Å². The summed E-state index contributed by atoms with van der Waals surface area (Å²) in [7, 11) is -0.842. The standard InChI is InChI=1S/C11H16N2O3S/c1-8(7-17(2)16)12-6-9-4-3-5-10(13-9)11(14)15/h3-5,8,12H,6-7H2,1-2H3,(H,14,15). The maximum Gasteiger partial charge on any atom is 0.354 e. The number of aromatic nitrogens is 1. The molecule has 0 saturated heterocycles. The molecular formula is C11H16N2O3S. The quantitative estimate of drug-likeness (QED) is 0.780. The van der Waals surface area contributed by atoms with E-state index in [0.29, 0.717) is 18.0 Å². The first-order valence-electron chi connectivity index (χ1n) is 5.21. The molecule has 17 heavy (non-hydrogen) atoms. The van der Waals surface area contributed by atoms with Crippen molar-refractivity contribution in [1.29, 1.82) is 0 Å². The maximum atomic E-state index is 11.0. The second-order valence-electron chi connectivity index (χ2n) is 3.84. The number of aromatic carboxylic acids is 1. The Morgan fingerprint density at radius 2 is 2.29 bits per heavy atom. The van der Waals surface area contributed by atoms with Gasteiger partial charge in [0.1, 0.15) is 5.69 Å². The third-order valence-corrected chi connectivity index (χ3v) is 3.11. The van der Waals surface area contributed by atoms with Gasteiger partial charge in [-0.25, -0.2) is 9.78 Å². The van der Waals surface area contributed by atoms with Gasteiger partial charge >= 0.3 is 5.97 Å². The molecular weight excluding hydrogens is 240 g/mol. The number of rotatable bonds is 6. The van der Waals surface area contributed by atoms with Gasteiger partial charge in [-0.05, 0) is 19.1 Å². The normalized spacial score (nSPS) is 14.2. The molecule has 0 amide bonds. The molecule has 1 heterocycles. The zero-order valence-corrected chi connectivity index (χ0v) is 10.7. The Balaban J connectivity index is 2.54. The molecule has 0 bridgehead atoms. The van der Waals surface area contributed by atoms with Crippen LogP contribution in [0.15, 0.2) is 18.2 Å². The van der Waals surface area contributed by atoms with Crippen molar-refractivity contribution in [3.63, 3.8) is 0 Å². The third kappa shape index (κ3) is 5.06. The Morgan fingerprint density at radius 3 is 2.88 bits per heavy atom. The summed E-state index contributed by atoms with van der Waals surface area (Å²) >= 11 is 0. The molecule has 0 aromatic carbocycles. The van der Waals surface area contributed by atoms with Crippen molar-refractivity contribution in [2.45, 2.75) is 19.5 Å². The first-order valence-corrected chi connectivity index (χ1v) is 6.94. The van der Waals surface area contributed by atoms with Crippen LogP contribution < -0.4 is 5.32 Å². The molecule has 6 heteroatoms. The zero-order chi connectivity index (χ0) is 12.8. The lowest BCUT2D eigenvalue weighted by Crippen LogP contribution is -2.30. The Kier molecular flexibility index (Phi) is 5.24. The van der Waals surface area contributed by atoms with Gasteiger partial charge in [0, 0.05) is 35.4 Å². The molecule has 0 saturated carbocycles. The van der Waals surface area contributed by atoms with E-state index in [1.54, 1.807) is 18.4 Å². The van der Waals surface area contributed by atoms with Crippen LogP contribution in [-0.2, 0) is 17.3 Å². The van der Waals surface area contributed by atoms with E-state index in [4.69, 9.17) is 5.11 Å². The number of hydrogen-bond acceptors (Lipinski definition) is 4. The van der Waals surface area contributed by atoms with E-state index in [0.717, 1.165) is 0 Å². The van der Waals surface area contributed by atoms with Crippen molar-refractivity contribution in [2.75, 3.05) is 12.0 Å². The fourth-order valence-corrected chi connectivity index (χ4v) is 2.21. The van der Waals surface area contributed by atoms with Crippen LogP contribution in [0.2, 0.25) is 0 Å². The van der Waals surface area contributed by atoms with E-state index in [2.05, 4.69) is 10.3 Å². The van der Waals surface area contributed by atoms with Gasteiger partial charge in [-0.15, -0.1) is 0 Å². The van der Waals surface area contributed by atoms with E-state index >= 15 is 0 Å². The lowest BCUT2D eigenvalue weighted by molar-refractivity contribution is 0.0690. The summed E-state index contributed by atoms with van der Waals surface area (Å²) < 4.78 is 11.0. The molecule has 0 aliphatic carbocycles. The van der Waals surface area contributed by atoms with Gasteiger partial charge in [-0.3, -0.25) is 4.21 Å². The van der Waals surface area contributed by atoms with Gasteiger partial charge in [0.25, 0.3) is 0 Å². The summed E-state index contributed by atoms with van der Waals surface area (Å²) in [5.74, 6) is -0.465. The van der Waals surface area contributed by atoms with Gasteiger partial charge in [-0.2, -0.15) is 0 Å². The van der Waals surface area contributed by atoms with E-state index in [1.165, 1.54) is 6.07 Å². The van der Waals surface area contributed by atoms with Gasteiger partial charge in [-0.1, -0.05) is 6.07 Å². The molecule has 94 valence electrons. The second kappa shape index (κ2) is 6.46. The predicted octanol–water partition coefficient (Wildman–Crippen LogP) is 0.636. The number of hydrogen-bond donors (Lipinski definition) is 2. The van der Waals surface area contributed by atoms with Gasteiger partial charge in [0.05, 0.1) is 5.69 Å². The van der Waals surface area contributed by atoms with E-state index in [9.17, 15) is 9.00 Å². The average Bonchev–Trinajstić information content (AvgIpc) is 2.26. The van der Waals surface area contributed by atoms with Crippen LogP contribution in [0.25, 0.3) is 0 Å². The highest BCUT2D eigenvalue weighted by atomic mass is 32.2. The van der Waals surface area contributed by atoms with Gasteiger partial charge < -0.3 is 10.4 Å². The van der Waals surface area contributed by atoms with Crippen molar-refractivity contribution in [3.8, 4) is 0 Å². The maximum absolute atomic E-state index is 11.0. The van der Waals surface area contributed by atoms with E-state index in [-0.39, 0.29) is 11.7 Å². The number of nitrogens with one attached hydrogen (secondary N) is 1. The minimum Gasteiger partial charge on any atom is -0.477 e. The lowest BCUT2D eigenvalue weighted by atomic mass is 10.3. The van der Waals surface area contributed by atoms with E-state index in [1.807, 2.05) is 6.92 Å². The summed E-state index contributed by atoms with van der Waals surface area (Å²) in [6, 6.07) is 4.98. The molecule has 0 fully saturated rings. The van der Waals surface area contributed by atoms with Crippen LogP contribution in [0.1, 0.15) is 23.1 Å². The fraction of sp³-hybridized carbons (Fsp3) is 0.455. The lowest BCUT2D eigenvalue weighted by Gasteiger charge is -2.11. The molecule has 2 atom stereocenters. The molecule has 1 aromatic heterocycles. The predicted molar refractivity (Wildman–Crippen MR) is 66.4 cm³/mol. The summed E-state index contributed by atoms with van der Waals surface area (Å²) in [5.41, 5.74) is 0.703. The van der Waals surface area contributed by atoms with Gasteiger partial charge in [0.15, 0.2) is 0 Å². The minimum absolute atomic E-state index is 0.0380. The molecule has 1 rings (SSSR count). The fourth-order valence-electron chi connectivity index (χ4n) is 1.39. The highest BCUT2D eigenvalue weighted by Gasteiger charge is 2.07. The van der Waals surface area contributed by atoms with Crippen molar-refractivity contribution >= 4 is 16.8 Å². The topological polar surface area (TPSA) is 79.3 Å². The smallest absolute Gasteiger partial charge is 0.354 e. The summed E-state index contributed by atoms with van der Waals surface area (Å²) in [5, 5.41) is 11.9. The van der Waals surface area contributed by atoms with Crippen LogP contribution >= 0.6 is 0 Å². The minimum atomic E-state index is -1.03. The molecule has 2 N–H and O–H groups in total. The van der Waals surface area contributed by atoms with E-state index < -0.39 is 16.8 Å². The summed E-state index contributed by atoms with van der Waals surface area (Å²) in [6.07, 6.45) is 1.65. The highest BCUT2D eigenvalue weighted by Crippen LogP contribution is 2.00. The molecule has 2 unspecified atom stereocenters. The number of carboxylic acids is 1. The number of carbonyl (C=O) groups is 1. The zero-order valence-electron chi connectivity index (χ0n) is 9.84. The van der Waals surface area contributed by atoms with Crippen LogP contribution in [0.3, 0.4) is 0 Å². The summed E-state index contributed by atoms with van der Waals surface area (Å²) in [6.45, 7) is 2.40. The Morgan fingerprint density at radius 1 is 1.59 bits per heavy atom. The van der Waals surface area contributed by atoms with Gasteiger partial charge in [0.2, 0.25) is 0 Å². The second-order valence-corrected chi connectivity index (χ2v) is 5.32. The Bertz CT molecular complexity index is 423. The molecule has 1 aromatic rings. The number of carboxylic acid groups (broad SMARTS) is 1. The molecule has 5 nitrogen and oxygen atoms in total. The summed E-state index contributed by atoms with van der Waals surface area (Å²) in [4.78, 5) is 14.7. The van der Waals surface area contributed by atoms with Crippen molar-refractivity contribution < 1.29 is 14.1 Å². The largest absolute Gasteiger partial charge is 0.477 e. The third-order valence-electron chi connectivity index (χ3n) is 2.14. The average molecular weight is 256 g/mol. The van der Waals surface area contributed by atoms with Crippen LogP contribution in [0, 0.1) is 0 Å².